The van der Waals surface area contributed by atoms with Crippen molar-refractivity contribution >= 4 is 38.4 Å². The molecule has 24 heavy (non-hydrogen) atoms. The molecule has 8 heteroatoms. The highest BCUT2D eigenvalue weighted by Crippen LogP contribution is 2.31. The molecular weight excluding hydrogens is 324 g/mol. The van der Waals surface area contributed by atoms with Gasteiger partial charge in [0.1, 0.15) is 10.3 Å². The van der Waals surface area contributed by atoms with Crippen LogP contribution in [0.15, 0.2) is 29.9 Å². The Bertz CT molecular complexity index is 1020. The molecule has 0 atom stereocenters. The van der Waals surface area contributed by atoms with Crippen molar-refractivity contribution in [3.05, 3.63) is 29.9 Å². The molecule has 120 valence electrons. The van der Waals surface area contributed by atoms with E-state index in [1.807, 2.05) is 29.9 Å². The molecule has 3 aromatic heterocycles. The molecule has 0 radical (unpaired) electrons. The molecule has 4 aromatic rings. The second-order valence-corrected chi connectivity index (χ2v) is 6.45. The molecule has 1 N–H and O–H groups in total. The lowest BCUT2D eigenvalue weighted by molar-refractivity contribution is 0.122. The number of ether oxygens (including phenoxy) is 1. The van der Waals surface area contributed by atoms with Crippen LogP contribution in [0.25, 0.3) is 32.6 Å². The summed E-state index contributed by atoms with van der Waals surface area (Å²) in [5.74, 6) is 1.60. The van der Waals surface area contributed by atoms with Gasteiger partial charge in [0.25, 0.3) is 0 Å². The Kier molecular flexibility index (Phi) is 3.17. The van der Waals surface area contributed by atoms with E-state index in [9.17, 15) is 0 Å². The summed E-state index contributed by atoms with van der Waals surface area (Å²) in [7, 11) is 0. The molecule has 0 unspecified atom stereocenters. The van der Waals surface area contributed by atoms with E-state index < -0.39 is 0 Å². The SMILES string of the molecule is c1cc(-c2nc(N3CCOCC3)c3ncsc3n2)c2cn[nH]c2c1. The summed E-state index contributed by atoms with van der Waals surface area (Å²) in [5.41, 5.74) is 4.65. The maximum Gasteiger partial charge on any atom is 0.164 e. The van der Waals surface area contributed by atoms with Gasteiger partial charge in [0.05, 0.1) is 30.4 Å². The monoisotopic (exact) mass is 338 g/mol. The Morgan fingerprint density at radius 1 is 1.17 bits per heavy atom. The van der Waals surface area contributed by atoms with Gasteiger partial charge in [0.15, 0.2) is 11.6 Å². The van der Waals surface area contributed by atoms with Crippen molar-refractivity contribution in [1.82, 2.24) is 25.1 Å². The van der Waals surface area contributed by atoms with Crippen molar-refractivity contribution in [3.63, 3.8) is 0 Å². The number of anilines is 1. The van der Waals surface area contributed by atoms with Crippen LogP contribution in [0.4, 0.5) is 5.82 Å². The van der Waals surface area contributed by atoms with Crippen molar-refractivity contribution < 1.29 is 4.74 Å². The molecule has 0 aliphatic carbocycles. The van der Waals surface area contributed by atoms with Crippen LogP contribution in [0.5, 0.6) is 0 Å². The number of nitrogens with zero attached hydrogens (tertiary/aromatic N) is 5. The summed E-state index contributed by atoms with van der Waals surface area (Å²) >= 11 is 1.54. The van der Waals surface area contributed by atoms with Gasteiger partial charge in [-0.05, 0) is 6.07 Å². The molecule has 1 fully saturated rings. The number of rotatable bonds is 2. The van der Waals surface area contributed by atoms with E-state index in [1.165, 1.54) is 11.3 Å². The molecule has 0 spiro atoms. The lowest BCUT2D eigenvalue weighted by atomic mass is 10.1. The average molecular weight is 338 g/mol. The predicted octanol–water partition coefficient (Wildman–Crippen LogP) is 2.47. The third-order valence-corrected chi connectivity index (χ3v) is 4.93. The van der Waals surface area contributed by atoms with E-state index in [0.29, 0.717) is 19.0 Å². The zero-order chi connectivity index (χ0) is 15.9. The molecule has 1 aliphatic heterocycles. The fourth-order valence-corrected chi connectivity index (χ4v) is 3.68. The van der Waals surface area contributed by atoms with Gasteiger partial charge in [-0.15, -0.1) is 11.3 Å². The Morgan fingerprint density at radius 2 is 2.08 bits per heavy atom. The summed E-state index contributed by atoms with van der Waals surface area (Å²) in [4.78, 5) is 17.2. The number of thiazole rings is 1. The first-order chi connectivity index (χ1) is 11.9. The highest BCUT2D eigenvalue weighted by atomic mass is 32.1. The first-order valence-corrected chi connectivity index (χ1v) is 8.64. The van der Waals surface area contributed by atoms with Gasteiger partial charge in [0, 0.05) is 24.0 Å². The lowest BCUT2D eigenvalue weighted by Crippen LogP contribution is -2.37. The fraction of sp³-hybridized carbons (Fsp3) is 0.250. The number of hydrogen-bond donors (Lipinski definition) is 1. The van der Waals surface area contributed by atoms with Gasteiger partial charge < -0.3 is 9.64 Å². The molecule has 5 rings (SSSR count). The highest BCUT2D eigenvalue weighted by Gasteiger charge is 2.20. The summed E-state index contributed by atoms with van der Waals surface area (Å²) in [5, 5.41) is 8.15. The van der Waals surface area contributed by atoms with E-state index in [-0.39, 0.29) is 0 Å². The second kappa shape index (κ2) is 5.50. The van der Waals surface area contributed by atoms with Gasteiger partial charge in [-0.2, -0.15) is 5.10 Å². The average Bonchev–Trinajstić information content (AvgIpc) is 3.30. The third kappa shape index (κ3) is 2.15. The molecule has 0 amide bonds. The first kappa shape index (κ1) is 13.8. The number of nitrogens with one attached hydrogen (secondary N) is 1. The minimum Gasteiger partial charge on any atom is -0.378 e. The summed E-state index contributed by atoms with van der Waals surface area (Å²) < 4.78 is 5.46. The topological polar surface area (TPSA) is 79.8 Å². The zero-order valence-corrected chi connectivity index (χ0v) is 13.6. The van der Waals surface area contributed by atoms with Crippen molar-refractivity contribution in [3.8, 4) is 11.4 Å². The van der Waals surface area contributed by atoms with Gasteiger partial charge in [0.2, 0.25) is 0 Å². The minimum atomic E-state index is 0.709. The van der Waals surface area contributed by atoms with Crippen LogP contribution < -0.4 is 4.90 Å². The van der Waals surface area contributed by atoms with Gasteiger partial charge >= 0.3 is 0 Å². The van der Waals surface area contributed by atoms with Crippen molar-refractivity contribution in [1.29, 1.82) is 0 Å². The van der Waals surface area contributed by atoms with Crippen LogP contribution in [0.3, 0.4) is 0 Å². The summed E-state index contributed by atoms with van der Waals surface area (Å²) in [6.45, 7) is 3.06. The van der Waals surface area contributed by atoms with E-state index in [0.717, 1.165) is 45.7 Å². The molecule has 0 bridgehead atoms. The van der Waals surface area contributed by atoms with Crippen LogP contribution in [0, 0.1) is 0 Å². The number of H-pyrrole nitrogens is 1. The number of fused-ring (bicyclic) bond motifs is 2. The lowest BCUT2D eigenvalue weighted by Gasteiger charge is -2.28. The van der Waals surface area contributed by atoms with E-state index in [2.05, 4.69) is 20.1 Å². The number of aromatic amines is 1. The third-order valence-electron chi connectivity index (χ3n) is 4.22. The molecule has 4 heterocycles. The number of hydrogen-bond acceptors (Lipinski definition) is 7. The Balaban J connectivity index is 1.73. The molecule has 1 aromatic carbocycles. The minimum absolute atomic E-state index is 0.709. The van der Waals surface area contributed by atoms with Crippen molar-refractivity contribution in [2.24, 2.45) is 0 Å². The van der Waals surface area contributed by atoms with Gasteiger partial charge in [-0.1, -0.05) is 12.1 Å². The Labute approximate surface area is 141 Å². The van der Waals surface area contributed by atoms with Crippen molar-refractivity contribution in [2.45, 2.75) is 0 Å². The Hall–Kier alpha value is -2.58. The largest absolute Gasteiger partial charge is 0.378 e. The standard InChI is InChI=1S/C16H14N6OS/c1-2-10(11-8-18-21-12(11)3-1)14-19-15(22-4-6-23-7-5-22)13-16(20-14)24-9-17-13/h1-3,8-9H,4-7H2,(H,18,21). The maximum atomic E-state index is 5.46. The van der Waals surface area contributed by atoms with Crippen LogP contribution in [0.1, 0.15) is 0 Å². The number of morpholine rings is 1. The Morgan fingerprint density at radius 3 is 3.00 bits per heavy atom. The van der Waals surface area contributed by atoms with E-state index in [4.69, 9.17) is 14.7 Å². The number of aromatic nitrogens is 5. The second-order valence-electron chi connectivity index (χ2n) is 5.61. The first-order valence-electron chi connectivity index (χ1n) is 7.76. The van der Waals surface area contributed by atoms with E-state index in [1.54, 1.807) is 0 Å². The van der Waals surface area contributed by atoms with E-state index >= 15 is 0 Å². The molecule has 0 saturated carbocycles. The van der Waals surface area contributed by atoms with Crippen LogP contribution >= 0.6 is 11.3 Å². The van der Waals surface area contributed by atoms with Gasteiger partial charge in [-0.25, -0.2) is 15.0 Å². The predicted molar refractivity (Wildman–Crippen MR) is 93.3 cm³/mol. The number of benzene rings is 1. The quantitative estimate of drug-likeness (QED) is 0.605. The van der Waals surface area contributed by atoms with Crippen LogP contribution in [-0.4, -0.2) is 51.5 Å². The maximum absolute atomic E-state index is 5.46. The smallest absolute Gasteiger partial charge is 0.164 e. The molecule has 1 saturated heterocycles. The van der Waals surface area contributed by atoms with Crippen LogP contribution in [0.2, 0.25) is 0 Å². The molecule has 7 nitrogen and oxygen atoms in total. The van der Waals surface area contributed by atoms with Gasteiger partial charge in [-0.3, -0.25) is 5.10 Å². The zero-order valence-electron chi connectivity index (χ0n) is 12.8. The highest BCUT2D eigenvalue weighted by molar-refractivity contribution is 7.16. The molecular formula is C16H14N6OS. The summed E-state index contributed by atoms with van der Waals surface area (Å²) in [6.07, 6.45) is 1.82. The normalized spacial score (nSPS) is 15.4. The van der Waals surface area contributed by atoms with Crippen LogP contribution in [-0.2, 0) is 4.74 Å². The summed E-state index contributed by atoms with van der Waals surface area (Å²) in [6, 6.07) is 6.02. The van der Waals surface area contributed by atoms with Crippen molar-refractivity contribution in [2.75, 3.05) is 31.2 Å². The fourth-order valence-electron chi connectivity index (χ4n) is 3.03. The molecule has 1 aliphatic rings.